The molecule has 0 saturated heterocycles. The quantitative estimate of drug-likeness (QED) is 0.752. The molecule has 6 heteroatoms. The van der Waals surface area contributed by atoms with Gasteiger partial charge in [0.25, 0.3) is 0 Å². The summed E-state index contributed by atoms with van der Waals surface area (Å²) in [4.78, 5) is 11.8. The Balaban J connectivity index is 2.69. The second kappa shape index (κ2) is 9.21. The van der Waals surface area contributed by atoms with Gasteiger partial charge in [-0.1, -0.05) is 12.1 Å². The maximum atomic E-state index is 11.8. The lowest BCUT2D eigenvalue weighted by Gasteiger charge is -2.22. The van der Waals surface area contributed by atoms with Crippen molar-refractivity contribution >= 4 is 19.8 Å². The maximum absolute atomic E-state index is 11.8. The lowest BCUT2D eigenvalue weighted by atomic mass is 10.1. The minimum atomic E-state index is -1.03. The van der Waals surface area contributed by atoms with Crippen molar-refractivity contribution in [3.05, 3.63) is 29.8 Å². The molecule has 0 bridgehead atoms. The first-order chi connectivity index (χ1) is 10.8. The van der Waals surface area contributed by atoms with Crippen molar-refractivity contribution in [2.24, 2.45) is 0 Å². The van der Waals surface area contributed by atoms with Crippen LogP contribution in [0.5, 0.6) is 0 Å². The summed E-state index contributed by atoms with van der Waals surface area (Å²) in [6.45, 7) is 12.6. The molecule has 0 heterocycles. The van der Waals surface area contributed by atoms with Gasteiger partial charge >= 0.3 is 6.09 Å². The highest BCUT2D eigenvalue weighted by Gasteiger charge is 2.19. The van der Waals surface area contributed by atoms with Gasteiger partial charge in [0.2, 0.25) is 8.38 Å². The van der Waals surface area contributed by atoms with Crippen LogP contribution in [0.25, 0.3) is 0 Å². The van der Waals surface area contributed by atoms with Gasteiger partial charge in [0.1, 0.15) is 5.60 Å². The zero-order valence-electron chi connectivity index (χ0n) is 14.9. The topological polar surface area (TPSA) is 56.8 Å². The third kappa shape index (κ3) is 7.30. The number of carbonyl (C=O) groups is 1. The van der Waals surface area contributed by atoms with Crippen LogP contribution >= 0.6 is 8.38 Å². The molecule has 0 radical (unpaired) electrons. The number of nitrogens with one attached hydrogen (secondary N) is 1. The Morgan fingerprint density at radius 2 is 1.65 bits per heavy atom. The number of hydrogen-bond donors (Lipinski definition) is 1. The number of carbonyl (C=O) groups excluding carboxylic acids is 1. The molecule has 0 aliphatic heterocycles. The van der Waals surface area contributed by atoms with Crippen LogP contribution in [0.4, 0.5) is 4.79 Å². The molecule has 1 amide bonds. The van der Waals surface area contributed by atoms with Crippen molar-refractivity contribution < 1.29 is 18.6 Å². The van der Waals surface area contributed by atoms with Crippen molar-refractivity contribution in [3.63, 3.8) is 0 Å². The Morgan fingerprint density at radius 1 is 1.13 bits per heavy atom. The van der Waals surface area contributed by atoms with E-state index >= 15 is 0 Å². The van der Waals surface area contributed by atoms with Gasteiger partial charge < -0.3 is 19.1 Å². The molecule has 1 N–H and O–H groups in total. The van der Waals surface area contributed by atoms with E-state index < -0.39 is 20.1 Å². The van der Waals surface area contributed by atoms with Crippen LogP contribution < -0.4 is 10.6 Å². The van der Waals surface area contributed by atoms with Gasteiger partial charge in [0, 0.05) is 5.30 Å². The van der Waals surface area contributed by atoms with Gasteiger partial charge in [-0.05, 0) is 59.2 Å². The molecule has 0 aromatic heterocycles. The van der Waals surface area contributed by atoms with Crippen LogP contribution in [0, 0.1) is 0 Å². The SMILES string of the molecule is CCOP(OCC)c1ccc(C(C)NC(=O)OC(C)(C)C)cc1. The van der Waals surface area contributed by atoms with Crippen LogP contribution in [0.2, 0.25) is 0 Å². The van der Waals surface area contributed by atoms with Gasteiger partial charge in [-0.2, -0.15) is 0 Å². The summed E-state index contributed by atoms with van der Waals surface area (Å²) in [5.41, 5.74) is 0.501. The van der Waals surface area contributed by atoms with Gasteiger partial charge in [-0.3, -0.25) is 0 Å². The van der Waals surface area contributed by atoms with E-state index in [1.54, 1.807) is 0 Å². The monoisotopic (exact) mass is 341 g/mol. The fourth-order valence-corrected chi connectivity index (χ4v) is 3.11. The number of hydrogen-bond acceptors (Lipinski definition) is 4. The molecule has 0 fully saturated rings. The lowest BCUT2D eigenvalue weighted by molar-refractivity contribution is 0.0508. The molecule has 5 nitrogen and oxygen atoms in total. The molecule has 1 unspecified atom stereocenters. The number of rotatable bonds is 7. The first-order valence-corrected chi connectivity index (χ1v) is 9.10. The molecular formula is C17H28NO4P. The Bertz CT molecular complexity index is 478. The average Bonchev–Trinajstić information content (AvgIpc) is 2.45. The molecule has 0 saturated carbocycles. The molecular weight excluding hydrogens is 313 g/mol. The fourth-order valence-electron chi connectivity index (χ4n) is 1.87. The van der Waals surface area contributed by atoms with Crippen LogP contribution in [0.15, 0.2) is 24.3 Å². The summed E-state index contributed by atoms with van der Waals surface area (Å²) < 4.78 is 16.6. The van der Waals surface area contributed by atoms with E-state index in [1.807, 2.05) is 65.8 Å². The molecule has 1 rings (SSSR count). The second-order valence-electron chi connectivity index (χ2n) is 6.05. The molecule has 23 heavy (non-hydrogen) atoms. The van der Waals surface area contributed by atoms with Gasteiger partial charge in [-0.15, -0.1) is 0 Å². The van der Waals surface area contributed by atoms with Gasteiger partial charge in [-0.25, -0.2) is 4.79 Å². The summed E-state index contributed by atoms with van der Waals surface area (Å²) in [7, 11) is -1.03. The molecule has 0 aliphatic rings. The van der Waals surface area contributed by atoms with E-state index in [4.69, 9.17) is 13.8 Å². The van der Waals surface area contributed by atoms with E-state index in [9.17, 15) is 4.79 Å². The summed E-state index contributed by atoms with van der Waals surface area (Å²) in [5, 5.41) is 3.86. The molecule has 1 atom stereocenters. The van der Waals surface area contributed by atoms with Gasteiger partial charge in [0.05, 0.1) is 19.3 Å². The average molecular weight is 341 g/mol. The van der Waals surface area contributed by atoms with Crippen LogP contribution in [-0.2, 0) is 13.8 Å². The third-order valence-corrected chi connectivity index (χ3v) is 4.54. The minimum absolute atomic E-state index is 0.135. The highest BCUT2D eigenvalue weighted by atomic mass is 31.2. The van der Waals surface area contributed by atoms with E-state index in [-0.39, 0.29) is 6.04 Å². The summed E-state index contributed by atoms with van der Waals surface area (Å²) in [5.74, 6) is 0. The van der Waals surface area contributed by atoms with E-state index in [0.717, 1.165) is 10.9 Å². The lowest BCUT2D eigenvalue weighted by Crippen LogP contribution is -2.34. The number of ether oxygens (including phenoxy) is 1. The zero-order valence-corrected chi connectivity index (χ0v) is 15.8. The molecule has 130 valence electrons. The van der Waals surface area contributed by atoms with Crippen LogP contribution in [0.1, 0.15) is 53.1 Å². The van der Waals surface area contributed by atoms with Crippen molar-refractivity contribution in [3.8, 4) is 0 Å². The van der Waals surface area contributed by atoms with E-state index in [0.29, 0.717) is 13.2 Å². The first kappa shape index (κ1) is 19.9. The predicted octanol–water partition coefficient (Wildman–Crippen LogP) is 4.28. The largest absolute Gasteiger partial charge is 0.444 e. The first-order valence-electron chi connectivity index (χ1n) is 7.92. The van der Waals surface area contributed by atoms with Crippen LogP contribution in [-0.4, -0.2) is 24.9 Å². The van der Waals surface area contributed by atoms with Gasteiger partial charge in [0.15, 0.2) is 0 Å². The van der Waals surface area contributed by atoms with E-state index in [2.05, 4.69) is 5.32 Å². The standard InChI is InChI=1S/C17H28NO4P/c1-7-20-23(21-8-2)15-11-9-14(10-12-15)13(3)18-16(19)22-17(4,5)6/h9-13H,7-8H2,1-6H3,(H,18,19). The van der Waals surface area contributed by atoms with Crippen molar-refractivity contribution in [1.29, 1.82) is 0 Å². The predicted molar refractivity (Wildman–Crippen MR) is 94.0 cm³/mol. The van der Waals surface area contributed by atoms with Crippen LogP contribution in [0.3, 0.4) is 0 Å². The minimum Gasteiger partial charge on any atom is -0.444 e. The van der Waals surface area contributed by atoms with E-state index in [1.165, 1.54) is 0 Å². The summed E-state index contributed by atoms with van der Waals surface area (Å²) in [6.07, 6.45) is -0.417. The molecule has 0 aliphatic carbocycles. The highest BCUT2D eigenvalue weighted by Crippen LogP contribution is 2.36. The number of benzene rings is 1. The molecule has 0 spiro atoms. The smallest absolute Gasteiger partial charge is 0.408 e. The number of amides is 1. The Kier molecular flexibility index (Phi) is 7.97. The highest BCUT2D eigenvalue weighted by molar-refractivity contribution is 7.56. The Hall–Kier alpha value is -1.16. The van der Waals surface area contributed by atoms with Crippen molar-refractivity contribution in [2.75, 3.05) is 13.2 Å². The Labute approximate surface area is 140 Å². The summed E-state index contributed by atoms with van der Waals surface area (Å²) >= 11 is 0. The maximum Gasteiger partial charge on any atom is 0.408 e. The normalized spacial score (nSPS) is 13.0. The Morgan fingerprint density at radius 3 is 2.09 bits per heavy atom. The third-order valence-electron chi connectivity index (χ3n) is 2.83. The van der Waals surface area contributed by atoms with Crippen molar-refractivity contribution in [2.45, 2.75) is 53.2 Å². The summed E-state index contributed by atoms with van der Waals surface area (Å²) in [6, 6.07) is 7.79. The molecule has 1 aromatic rings. The number of alkyl carbamates (subject to hydrolysis) is 1. The molecule has 1 aromatic carbocycles. The zero-order chi connectivity index (χ0) is 17.5. The fraction of sp³-hybridized carbons (Fsp3) is 0.588. The second-order valence-corrected chi connectivity index (χ2v) is 7.60. The van der Waals surface area contributed by atoms with Crippen molar-refractivity contribution in [1.82, 2.24) is 5.32 Å².